The quantitative estimate of drug-likeness (QED) is 0.470. The normalized spacial score (nSPS) is 17.9. The first-order valence-corrected chi connectivity index (χ1v) is 9.68. The molecule has 0 aliphatic heterocycles. The van der Waals surface area contributed by atoms with Crippen molar-refractivity contribution >= 4 is 15.9 Å². The predicted octanol–water partition coefficient (Wildman–Crippen LogP) is 7.34. The zero-order valence-corrected chi connectivity index (χ0v) is 15.7. The standard InChI is InChI=1S/C20H31Br/c1-14(2)17-10-11-18(19(13-17)15(3)4)20(21)12-9-16-7-5-6-8-16/h10-11,13-16,20H,5-9,12H2,1-4H3. The molecule has 0 bridgehead atoms. The van der Waals surface area contributed by atoms with E-state index in [0.29, 0.717) is 16.7 Å². The molecule has 1 saturated carbocycles. The van der Waals surface area contributed by atoms with E-state index in [1.54, 1.807) is 0 Å². The van der Waals surface area contributed by atoms with Crippen molar-refractivity contribution in [3.63, 3.8) is 0 Å². The zero-order chi connectivity index (χ0) is 15.4. The van der Waals surface area contributed by atoms with Crippen LogP contribution < -0.4 is 0 Å². The molecule has 1 aliphatic rings. The van der Waals surface area contributed by atoms with Crippen LogP contribution in [-0.2, 0) is 0 Å². The summed E-state index contributed by atoms with van der Waals surface area (Å²) < 4.78 is 0. The third kappa shape index (κ3) is 4.58. The number of alkyl halides is 1. The van der Waals surface area contributed by atoms with Gasteiger partial charge in [0.05, 0.1) is 0 Å². The molecule has 1 unspecified atom stereocenters. The molecule has 0 aromatic heterocycles. The van der Waals surface area contributed by atoms with Gasteiger partial charge >= 0.3 is 0 Å². The highest BCUT2D eigenvalue weighted by Gasteiger charge is 2.19. The maximum atomic E-state index is 3.97. The summed E-state index contributed by atoms with van der Waals surface area (Å²) in [7, 11) is 0. The average molecular weight is 351 g/mol. The molecule has 0 nitrogen and oxygen atoms in total. The monoisotopic (exact) mass is 350 g/mol. The second kappa shape index (κ2) is 7.81. The van der Waals surface area contributed by atoms with Crippen LogP contribution in [0.1, 0.15) is 99.6 Å². The van der Waals surface area contributed by atoms with Crippen molar-refractivity contribution in [2.24, 2.45) is 5.92 Å². The molecular weight excluding hydrogens is 320 g/mol. The van der Waals surface area contributed by atoms with Gasteiger partial charge in [0.1, 0.15) is 0 Å². The largest absolute Gasteiger partial charge is 0.0839 e. The maximum Gasteiger partial charge on any atom is 0.0398 e. The van der Waals surface area contributed by atoms with Gasteiger partial charge in [-0.25, -0.2) is 0 Å². The van der Waals surface area contributed by atoms with E-state index in [9.17, 15) is 0 Å². The van der Waals surface area contributed by atoms with Gasteiger partial charge in [0, 0.05) is 4.83 Å². The molecule has 1 atom stereocenters. The first kappa shape index (κ1) is 17.1. The van der Waals surface area contributed by atoms with Crippen molar-refractivity contribution in [2.45, 2.75) is 82.9 Å². The third-order valence-corrected chi connectivity index (χ3v) is 5.99. The second-order valence-electron chi connectivity index (χ2n) is 7.39. The topological polar surface area (TPSA) is 0 Å². The number of hydrogen-bond donors (Lipinski definition) is 0. The fraction of sp³-hybridized carbons (Fsp3) is 0.700. The van der Waals surface area contributed by atoms with Crippen molar-refractivity contribution in [1.82, 2.24) is 0 Å². The minimum Gasteiger partial charge on any atom is -0.0839 e. The molecule has 1 aromatic rings. The molecule has 1 fully saturated rings. The molecule has 0 heterocycles. The summed E-state index contributed by atoms with van der Waals surface area (Å²) in [5.74, 6) is 2.21. The molecule has 1 aromatic carbocycles. The molecule has 0 N–H and O–H groups in total. The van der Waals surface area contributed by atoms with Crippen molar-refractivity contribution in [2.75, 3.05) is 0 Å². The maximum absolute atomic E-state index is 3.97. The van der Waals surface area contributed by atoms with E-state index in [-0.39, 0.29) is 0 Å². The summed E-state index contributed by atoms with van der Waals surface area (Å²) in [6.07, 6.45) is 8.51. The highest BCUT2D eigenvalue weighted by atomic mass is 79.9. The number of hydrogen-bond acceptors (Lipinski definition) is 0. The van der Waals surface area contributed by atoms with E-state index in [1.165, 1.54) is 55.2 Å². The smallest absolute Gasteiger partial charge is 0.0398 e. The van der Waals surface area contributed by atoms with Crippen LogP contribution in [0.4, 0.5) is 0 Å². The van der Waals surface area contributed by atoms with Gasteiger partial charge in [0.2, 0.25) is 0 Å². The highest BCUT2D eigenvalue weighted by Crippen LogP contribution is 2.38. The summed E-state index contributed by atoms with van der Waals surface area (Å²) in [5, 5.41) is 0. The minimum atomic E-state index is 0.525. The molecule has 1 aliphatic carbocycles. The Morgan fingerprint density at radius 2 is 1.67 bits per heavy atom. The molecule has 118 valence electrons. The lowest BCUT2D eigenvalue weighted by Crippen LogP contribution is -2.03. The van der Waals surface area contributed by atoms with Gasteiger partial charge < -0.3 is 0 Å². The molecule has 1 heteroatoms. The van der Waals surface area contributed by atoms with E-state index in [1.807, 2.05) is 0 Å². The lowest BCUT2D eigenvalue weighted by Gasteiger charge is -2.21. The van der Waals surface area contributed by atoms with Crippen molar-refractivity contribution in [3.05, 3.63) is 34.9 Å². The van der Waals surface area contributed by atoms with Gasteiger partial charge in [0.15, 0.2) is 0 Å². The van der Waals surface area contributed by atoms with Gasteiger partial charge in [-0.3, -0.25) is 0 Å². The number of benzene rings is 1. The summed E-state index contributed by atoms with van der Waals surface area (Å²) in [6, 6.07) is 7.14. The Kier molecular flexibility index (Phi) is 6.34. The lowest BCUT2D eigenvalue weighted by atomic mass is 9.88. The summed E-state index contributed by atoms with van der Waals surface area (Å²) >= 11 is 3.97. The summed E-state index contributed by atoms with van der Waals surface area (Å²) in [5.41, 5.74) is 4.53. The van der Waals surface area contributed by atoms with Gasteiger partial charge in [-0.2, -0.15) is 0 Å². The van der Waals surface area contributed by atoms with Gasteiger partial charge in [-0.1, -0.05) is 87.5 Å². The van der Waals surface area contributed by atoms with E-state index in [0.717, 1.165) is 5.92 Å². The zero-order valence-electron chi connectivity index (χ0n) is 14.2. The molecule has 21 heavy (non-hydrogen) atoms. The first-order chi connectivity index (χ1) is 9.99. The second-order valence-corrected chi connectivity index (χ2v) is 8.50. The third-order valence-electron chi connectivity index (χ3n) is 5.04. The average Bonchev–Trinajstić information content (AvgIpc) is 2.97. The van der Waals surface area contributed by atoms with Crippen LogP contribution in [0.25, 0.3) is 0 Å². The Morgan fingerprint density at radius 3 is 2.24 bits per heavy atom. The van der Waals surface area contributed by atoms with Crippen LogP contribution in [0.5, 0.6) is 0 Å². The van der Waals surface area contributed by atoms with Gasteiger partial charge in [0.25, 0.3) is 0 Å². The van der Waals surface area contributed by atoms with Crippen LogP contribution in [0, 0.1) is 5.92 Å². The number of halogens is 1. The Morgan fingerprint density at radius 1 is 1.00 bits per heavy atom. The van der Waals surface area contributed by atoms with Crippen molar-refractivity contribution in [1.29, 1.82) is 0 Å². The highest BCUT2D eigenvalue weighted by molar-refractivity contribution is 9.09. The summed E-state index contributed by atoms with van der Waals surface area (Å²) in [4.78, 5) is 0.525. The summed E-state index contributed by atoms with van der Waals surface area (Å²) in [6.45, 7) is 9.20. The molecule has 2 rings (SSSR count). The van der Waals surface area contributed by atoms with Crippen molar-refractivity contribution < 1.29 is 0 Å². The Hall–Kier alpha value is -0.300. The Bertz CT molecular complexity index is 441. The fourth-order valence-electron chi connectivity index (χ4n) is 3.57. The van der Waals surface area contributed by atoms with Crippen molar-refractivity contribution in [3.8, 4) is 0 Å². The lowest BCUT2D eigenvalue weighted by molar-refractivity contribution is 0.482. The molecule has 0 amide bonds. The van der Waals surface area contributed by atoms with E-state index in [4.69, 9.17) is 0 Å². The van der Waals surface area contributed by atoms with Crippen LogP contribution in [0.15, 0.2) is 18.2 Å². The first-order valence-electron chi connectivity index (χ1n) is 8.76. The molecular formula is C20H31Br. The van der Waals surface area contributed by atoms with Crippen LogP contribution in [0.2, 0.25) is 0 Å². The molecule has 0 radical (unpaired) electrons. The van der Waals surface area contributed by atoms with Gasteiger partial charge in [-0.15, -0.1) is 0 Å². The van der Waals surface area contributed by atoms with Crippen LogP contribution in [-0.4, -0.2) is 0 Å². The van der Waals surface area contributed by atoms with Gasteiger partial charge in [-0.05, 0) is 47.3 Å². The van der Waals surface area contributed by atoms with Crippen LogP contribution in [0.3, 0.4) is 0 Å². The number of rotatable bonds is 6. The van der Waals surface area contributed by atoms with E-state index < -0.39 is 0 Å². The molecule has 0 spiro atoms. The van der Waals surface area contributed by atoms with Crippen LogP contribution >= 0.6 is 15.9 Å². The Labute approximate surface area is 139 Å². The van der Waals surface area contributed by atoms with E-state index in [2.05, 4.69) is 61.8 Å². The Balaban J connectivity index is 2.09. The predicted molar refractivity (Wildman–Crippen MR) is 97.5 cm³/mol. The van der Waals surface area contributed by atoms with E-state index >= 15 is 0 Å². The fourth-order valence-corrected chi connectivity index (χ4v) is 4.26. The SMILES string of the molecule is CC(C)c1ccc(C(Br)CCC2CCCC2)c(C(C)C)c1. The minimum absolute atomic E-state index is 0.525. The molecule has 0 saturated heterocycles.